The van der Waals surface area contributed by atoms with Crippen LogP contribution in [-0.4, -0.2) is 11.5 Å². The second-order valence-corrected chi connectivity index (χ2v) is 3.77. The van der Waals surface area contributed by atoms with Crippen LogP contribution < -0.4 is 10.5 Å². The number of nitriles is 1. The quantitative estimate of drug-likeness (QED) is 0.860. The summed E-state index contributed by atoms with van der Waals surface area (Å²) in [4.78, 5) is 0. The largest absolute Gasteiger partial charge is 0.495 e. The SMILES string of the molecule is COc1ccc(-c2nscc2N)cc1C#N. The Morgan fingerprint density at radius 2 is 2.31 bits per heavy atom. The van der Waals surface area contributed by atoms with Gasteiger partial charge in [0.25, 0.3) is 0 Å². The Kier molecular flexibility index (Phi) is 2.75. The van der Waals surface area contributed by atoms with E-state index in [0.717, 1.165) is 5.56 Å². The predicted octanol–water partition coefficient (Wildman–Crippen LogP) is 2.27. The van der Waals surface area contributed by atoms with Crippen LogP contribution in [0.3, 0.4) is 0 Å². The Bertz CT molecular complexity index is 557. The molecule has 0 saturated carbocycles. The molecule has 2 aromatic rings. The van der Waals surface area contributed by atoms with E-state index in [0.29, 0.717) is 22.7 Å². The van der Waals surface area contributed by atoms with Crippen LogP contribution in [0, 0.1) is 11.3 Å². The zero-order valence-corrected chi connectivity index (χ0v) is 9.41. The highest BCUT2D eigenvalue weighted by atomic mass is 32.1. The van der Waals surface area contributed by atoms with Crippen molar-refractivity contribution in [2.24, 2.45) is 0 Å². The summed E-state index contributed by atoms with van der Waals surface area (Å²) in [6, 6.07) is 7.39. The van der Waals surface area contributed by atoms with Gasteiger partial charge in [0.2, 0.25) is 0 Å². The summed E-state index contributed by atoms with van der Waals surface area (Å²) in [5, 5.41) is 10.7. The lowest BCUT2D eigenvalue weighted by Gasteiger charge is -2.04. The van der Waals surface area contributed by atoms with E-state index in [1.54, 1.807) is 17.5 Å². The van der Waals surface area contributed by atoms with Gasteiger partial charge >= 0.3 is 0 Å². The Hall–Kier alpha value is -2.06. The van der Waals surface area contributed by atoms with Crippen LogP contribution in [-0.2, 0) is 0 Å². The summed E-state index contributed by atoms with van der Waals surface area (Å²) in [5.74, 6) is 0.556. The van der Waals surface area contributed by atoms with Crippen LogP contribution >= 0.6 is 11.5 Å². The molecule has 1 aromatic carbocycles. The molecule has 5 heteroatoms. The Balaban J connectivity index is 2.53. The topological polar surface area (TPSA) is 71.9 Å². The van der Waals surface area contributed by atoms with Crippen molar-refractivity contribution in [1.29, 1.82) is 5.26 Å². The smallest absolute Gasteiger partial charge is 0.136 e. The lowest BCUT2D eigenvalue weighted by Crippen LogP contribution is -1.91. The molecule has 2 rings (SSSR count). The zero-order chi connectivity index (χ0) is 11.5. The average Bonchev–Trinajstić information content (AvgIpc) is 2.74. The highest BCUT2D eigenvalue weighted by Crippen LogP contribution is 2.29. The highest BCUT2D eigenvalue weighted by molar-refractivity contribution is 7.04. The summed E-state index contributed by atoms with van der Waals surface area (Å²) in [5.41, 5.74) is 8.41. The van der Waals surface area contributed by atoms with E-state index in [1.165, 1.54) is 18.6 Å². The number of anilines is 1. The monoisotopic (exact) mass is 231 g/mol. The first kappa shape index (κ1) is 10.5. The normalized spacial score (nSPS) is 9.75. The van der Waals surface area contributed by atoms with E-state index >= 15 is 0 Å². The van der Waals surface area contributed by atoms with Crippen LogP contribution in [0.5, 0.6) is 5.75 Å². The van der Waals surface area contributed by atoms with E-state index in [-0.39, 0.29) is 0 Å². The standard InChI is InChI=1S/C11H9N3OS/c1-15-10-3-2-7(4-8(10)5-12)11-9(13)6-16-14-11/h2-4,6H,13H2,1H3. The van der Waals surface area contributed by atoms with Crippen molar-refractivity contribution in [3.8, 4) is 23.1 Å². The van der Waals surface area contributed by atoms with Crippen molar-refractivity contribution in [2.75, 3.05) is 12.8 Å². The minimum absolute atomic E-state index is 0.479. The molecule has 2 N–H and O–H groups in total. The first-order valence-electron chi connectivity index (χ1n) is 4.54. The predicted molar refractivity (Wildman–Crippen MR) is 63.2 cm³/mol. The van der Waals surface area contributed by atoms with Crippen LogP contribution in [0.4, 0.5) is 5.69 Å². The Labute approximate surface area is 97.1 Å². The van der Waals surface area contributed by atoms with Crippen LogP contribution in [0.25, 0.3) is 11.3 Å². The minimum atomic E-state index is 0.479. The van der Waals surface area contributed by atoms with Crippen molar-refractivity contribution >= 4 is 17.2 Å². The first-order valence-corrected chi connectivity index (χ1v) is 5.38. The molecule has 0 fully saturated rings. The fraction of sp³-hybridized carbons (Fsp3) is 0.0909. The second-order valence-electron chi connectivity index (χ2n) is 3.15. The third-order valence-corrected chi connectivity index (χ3v) is 2.84. The molecule has 1 heterocycles. The molecule has 0 aliphatic carbocycles. The Morgan fingerprint density at radius 3 is 2.88 bits per heavy atom. The lowest BCUT2D eigenvalue weighted by atomic mass is 10.1. The molecule has 16 heavy (non-hydrogen) atoms. The summed E-state index contributed by atoms with van der Waals surface area (Å²) >= 11 is 1.30. The molecule has 0 aliphatic heterocycles. The van der Waals surface area contributed by atoms with Gasteiger partial charge in [-0.1, -0.05) is 0 Å². The fourth-order valence-corrected chi connectivity index (χ4v) is 2.00. The molecule has 0 atom stereocenters. The van der Waals surface area contributed by atoms with Gasteiger partial charge in [-0.3, -0.25) is 0 Å². The molecule has 0 radical (unpaired) electrons. The second kappa shape index (κ2) is 4.21. The van der Waals surface area contributed by atoms with Crippen molar-refractivity contribution in [3.63, 3.8) is 0 Å². The van der Waals surface area contributed by atoms with E-state index in [2.05, 4.69) is 10.4 Å². The summed E-state index contributed by atoms with van der Waals surface area (Å²) < 4.78 is 9.25. The van der Waals surface area contributed by atoms with Gasteiger partial charge in [0.05, 0.1) is 18.4 Å². The van der Waals surface area contributed by atoms with Gasteiger partial charge < -0.3 is 10.5 Å². The number of nitrogens with zero attached hydrogens (tertiary/aromatic N) is 2. The molecule has 0 amide bonds. The van der Waals surface area contributed by atoms with E-state index < -0.39 is 0 Å². The maximum absolute atomic E-state index is 8.96. The van der Waals surface area contributed by atoms with Gasteiger partial charge in [-0.2, -0.15) is 9.64 Å². The van der Waals surface area contributed by atoms with Gasteiger partial charge in [-0.25, -0.2) is 0 Å². The number of rotatable bonds is 2. The van der Waals surface area contributed by atoms with Gasteiger partial charge in [-0.15, -0.1) is 0 Å². The van der Waals surface area contributed by atoms with E-state index in [4.69, 9.17) is 15.7 Å². The van der Waals surface area contributed by atoms with E-state index in [9.17, 15) is 0 Å². The number of nitrogen functional groups attached to an aromatic ring is 1. The first-order chi connectivity index (χ1) is 7.76. The highest BCUT2D eigenvalue weighted by Gasteiger charge is 2.09. The molecule has 1 aromatic heterocycles. The van der Waals surface area contributed by atoms with E-state index in [1.807, 2.05) is 6.07 Å². The van der Waals surface area contributed by atoms with Gasteiger partial charge in [0.1, 0.15) is 17.5 Å². The van der Waals surface area contributed by atoms with Gasteiger partial charge in [0, 0.05) is 10.9 Å². The summed E-state index contributed by atoms with van der Waals surface area (Å²) in [7, 11) is 1.53. The summed E-state index contributed by atoms with van der Waals surface area (Å²) in [6.07, 6.45) is 0. The lowest BCUT2D eigenvalue weighted by molar-refractivity contribution is 0.413. The van der Waals surface area contributed by atoms with Gasteiger partial charge in [-0.05, 0) is 29.7 Å². The number of nitrogens with two attached hydrogens (primary N) is 1. The van der Waals surface area contributed by atoms with Crippen LogP contribution in [0.15, 0.2) is 23.6 Å². The zero-order valence-electron chi connectivity index (χ0n) is 8.60. The van der Waals surface area contributed by atoms with Crippen molar-refractivity contribution in [2.45, 2.75) is 0 Å². The van der Waals surface area contributed by atoms with Crippen molar-refractivity contribution in [1.82, 2.24) is 4.37 Å². The number of benzene rings is 1. The Morgan fingerprint density at radius 1 is 1.50 bits per heavy atom. The molecule has 0 spiro atoms. The van der Waals surface area contributed by atoms with Crippen LogP contribution in [0.2, 0.25) is 0 Å². The maximum atomic E-state index is 8.96. The van der Waals surface area contributed by atoms with Gasteiger partial charge in [0.15, 0.2) is 0 Å². The van der Waals surface area contributed by atoms with Crippen molar-refractivity contribution < 1.29 is 4.74 Å². The number of ether oxygens (including phenoxy) is 1. The minimum Gasteiger partial charge on any atom is -0.495 e. The molecule has 0 bridgehead atoms. The maximum Gasteiger partial charge on any atom is 0.136 e. The number of hydrogen-bond acceptors (Lipinski definition) is 5. The summed E-state index contributed by atoms with van der Waals surface area (Å²) in [6.45, 7) is 0. The molecule has 0 unspecified atom stereocenters. The average molecular weight is 231 g/mol. The number of methoxy groups -OCH3 is 1. The third-order valence-electron chi connectivity index (χ3n) is 2.19. The molecule has 80 valence electrons. The number of hydrogen-bond donors (Lipinski definition) is 1. The van der Waals surface area contributed by atoms with Crippen LogP contribution in [0.1, 0.15) is 5.56 Å². The molecule has 0 saturated heterocycles. The fourth-order valence-electron chi connectivity index (χ4n) is 1.41. The molecule has 0 aliphatic rings. The third kappa shape index (κ3) is 1.71. The molecule has 4 nitrogen and oxygen atoms in total. The molecular formula is C11H9N3OS. The number of aromatic nitrogens is 1. The molecular weight excluding hydrogens is 222 g/mol. The van der Waals surface area contributed by atoms with Crippen molar-refractivity contribution in [3.05, 3.63) is 29.1 Å².